The molecular formula is C15H19BrFNO3. The van der Waals surface area contributed by atoms with Crippen LogP contribution < -0.4 is 0 Å². The maximum absolute atomic E-state index is 13.5. The Kier molecular flexibility index (Phi) is 6.33. The smallest absolute Gasteiger partial charge is 0.341 e. The van der Waals surface area contributed by atoms with Gasteiger partial charge in [-0.3, -0.25) is 4.79 Å². The van der Waals surface area contributed by atoms with E-state index in [1.165, 1.54) is 12.1 Å². The highest BCUT2D eigenvalue weighted by Crippen LogP contribution is 2.16. The Morgan fingerprint density at radius 2 is 1.81 bits per heavy atom. The van der Waals surface area contributed by atoms with Gasteiger partial charge in [-0.1, -0.05) is 15.9 Å². The zero-order valence-corrected chi connectivity index (χ0v) is 14.1. The molecule has 4 nitrogen and oxygen atoms in total. The number of esters is 1. The quantitative estimate of drug-likeness (QED) is 0.757. The Morgan fingerprint density at radius 3 is 2.33 bits per heavy atom. The molecule has 0 unspecified atom stereocenters. The first-order valence-electron chi connectivity index (χ1n) is 6.67. The number of carbonyl (C=O) groups excluding carboxylic acids is 2. The number of hydrogen-bond donors (Lipinski definition) is 0. The van der Waals surface area contributed by atoms with Crippen molar-refractivity contribution in [3.05, 3.63) is 34.1 Å². The van der Waals surface area contributed by atoms with Crippen LogP contribution >= 0.6 is 15.9 Å². The second-order valence-corrected chi connectivity index (χ2v) is 6.10. The first-order valence-corrected chi connectivity index (χ1v) is 7.46. The predicted molar refractivity (Wildman–Crippen MR) is 81.5 cm³/mol. The maximum atomic E-state index is 13.5. The Bertz CT molecular complexity index is 524. The maximum Gasteiger partial charge on any atom is 0.341 e. The average molecular weight is 360 g/mol. The molecule has 21 heavy (non-hydrogen) atoms. The standard InChI is InChI=1S/C15H19BrFNO3/c1-9(2)18(10(3)4)14(19)8-21-15(20)12-7-11(16)5-6-13(12)17/h5-7,9-10H,8H2,1-4H3. The van der Waals surface area contributed by atoms with Crippen LogP contribution in [-0.4, -0.2) is 35.5 Å². The van der Waals surface area contributed by atoms with Crippen LogP contribution in [0.4, 0.5) is 4.39 Å². The zero-order valence-electron chi connectivity index (χ0n) is 12.5. The van der Waals surface area contributed by atoms with Gasteiger partial charge in [0.05, 0.1) is 5.56 Å². The zero-order chi connectivity index (χ0) is 16.2. The minimum Gasteiger partial charge on any atom is -0.452 e. The largest absolute Gasteiger partial charge is 0.452 e. The second-order valence-electron chi connectivity index (χ2n) is 5.19. The Hall–Kier alpha value is -1.43. The van der Waals surface area contributed by atoms with Gasteiger partial charge in [0.25, 0.3) is 5.91 Å². The van der Waals surface area contributed by atoms with Gasteiger partial charge in [-0.15, -0.1) is 0 Å². The molecule has 0 fully saturated rings. The lowest BCUT2D eigenvalue weighted by molar-refractivity contribution is -0.138. The SMILES string of the molecule is CC(C)N(C(=O)COC(=O)c1cc(Br)ccc1F)C(C)C. The summed E-state index contributed by atoms with van der Waals surface area (Å²) in [4.78, 5) is 25.5. The van der Waals surface area contributed by atoms with Crippen LogP contribution in [0.3, 0.4) is 0 Å². The fourth-order valence-electron chi connectivity index (χ4n) is 2.11. The van der Waals surface area contributed by atoms with Crippen molar-refractivity contribution in [3.8, 4) is 0 Å². The molecule has 0 radical (unpaired) electrons. The van der Waals surface area contributed by atoms with E-state index in [1.54, 1.807) is 4.90 Å². The van der Waals surface area contributed by atoms with E-state index in [1.807, 2.05) is 27.7 Å². The summed E-state index contributed by atoms with van der Waals surface area (Å²) < 4.78 is 19.0. The first-order chi connectivity index (χ1) is 9.73. The average Bonchev–Trinajstić information content (AvgIpc) is 2.38. The van der Waals surface area contributed by atoms with Crippen LogP contribution in [0.5, 0.6) is 0 Å². The van der Waals surface area contributed by atoms with Crippen molar-refractivity contribution in [2.75, 3.05) is 6.61 Å². The molecule has 1 rings (SSSR count). The van der Waals surface area contributed by atoms with Gasteiger partial charge < -0.3 is 9.64 Å². The van der Waals surface area contributed by atoms with Crippen LogP contribution in [0.1, 0.15) is 38.1 Å². The Labute approximate surface area is 132 Å². The molecule has 0 aliphatic rings. The fourth-order valence-corrected chi connectivity index (χ4v) is 2.47. The van der Waals surface area contributed by atoms with E-state index in [-0.39, 0.29) is 23.6 Å². The monoisotopic (exact) mass is 359 g/mol. The van der Waals surface area contributed by atoms with Crippen LogP contribution in [0, 0.1) is 5.82 Å². The van der Waals surface area contributed by atoms with Crippen molar-refractivity contribution in [1.29, 1.82) is 0 Å². The number of hydrogen-bond acceptors (Lipinski definition) is 3. The summed E-state index contributed by atoms with van der Waals surface area (Å²) in [7, 11) is 0. The van der Waals surface area contributed by atoms with Gasteiger partial charge in [-0.2, -0.15) is 0 Å². The summed E-state index contributed by atoms with van der Waals surface area (Å²) in [6, 6.07) is 3.97. The summed E-state index contributed by atoms with van der Waals surface area (Å²) in [6.45, 7) is 7.13. The highest BCUT2D eigenvalue weighted by molar-refractivity contribution is 9.10. The normalized spacial score (nSPS) is 10.9. The van der Waals surface area contributed by atoms with Crippen molar-refractivity contribution in [3.63, 3.8) is 0 Å². The van der Waals surface area contributed by atoms with Gasteiger partial charge in [0.1, 0.15) is 5.82 Å². The van der Waals surface area contributed by atoms with Gasteiger partial charge in [-0.25, -0.2) is 9.18 Å². The van der Waals surface area contributed by atoms with Gasteiger partial charge in [0.2, 0.25) is 0 Å². The topological polar surface area (TPSA) is 46.6 Å². The van der Waals surface area contributed by atoms with E-state index in [2.05, 4.69) is 15.9 Å². The molecule has 6 heteroatoms. The van der Waals surface area contributed by atoms with E-state index in [0.717, 1.165) is 6.07 Å². The Balaban J connectivity index is 2.72. The lowest BCUT2D eigenvalue weighted by Gasteiger charge is -2.30. The van der Waals surface area contributed by atoms with E-state index in [4.69, 9.17) is 4.74 Å². The van der Waals surface area contributed by atoms with E-state index < -0.39 is 18.4 Å². The molecule has 0 N–H and O–H groups in total. The predicted octanol–water partition coefficient (Wildman–Crippen LogP) is 3.39. The molecule has 0 bridgehead atoms. The number of carbonyl (C=O) groups is 2. The molecule has 0 atom stereocenters. The van der Waals surface area contributed by atoms with E-state index in [0.29, 0.717) is 4.47 Å². The molecule has 0 saturated heterocycles. The molecule has 0 spiro atoms. The van der Waals surface area contributed by atoms with Gasteiger partial charge in [-0.05, 0) is 45.9 Å². The highest BCUT2D eigenvalue weighted by Gasteiger charge is 2.22. The summed E-state index contributed by atoms with van der Waals surface area (Å²) in [6.07, 6.45) is 0. The van der Waals surface area contributed by atoms with Crippen LogP contribution in [-0.2, 0) is 9.53 Å². The lowest BCUT2D eigenvalue weighted by Crippen LogP contribution is -2.44. The minimum absolute atomic E-state index is 0.00110. The molecule has 1 amide bonds. The van der Waals surface area contributed by atoms with Crippen LogP contribution in [0.25, 0.3) is 0 Å². The van der Waals surface area contributed by atoms with Gasteiger partial charge in [0.15, 0.2) is 6.61 Å². The molecule has 0 aromatic heterocycles. The number of amides is 1. The summed E-state index contributed by atoms with van der Waals surface area (Å²) in [5, 5.41) is 0. The molecule has 0 aliphatic heterocycles. The number of ether oxygens (including phenoxy) is 1. The Morgan fingerprint density at radius 1 is 1.24 bits per heavy atom. The number of rotatable bonds is 5. The highest BCUT2D eigenvalue weighted by atomic mass is 79.9. The van der Waals surface area contributed by atoms with Crippen LogP contribution in [0.15, 0.2) is 22.7 Å². The minimum atomic E-state index is -0.852. The first kappa shape index (κ1) is 17.6. The summed E-state index contributed by atoms with van der Waals surface area (Å²) >= 11 is 3.16. The van der Waals surface area contributed by atoms with E-state index >= 15 is 0 Å². The van der Waals surface area contributed by atoms with Gasteiger partial charge >= 0.3 is 5.97 Å². The fraction of sp³-hybridized carbons (Fsp3) is 0.467. The molecule has 0 heterocycles. The van der Waals surface area contributed by atoms with Crippen LogP contribution in [0.2, 0.25) is 0 Å². The molecule has 0 saturated carbocycles. The second kappa shape index (κ2) is 7.54. The molecule has 116 valence electrons. The molecule has 1 aromatic carbocycles. The lowest BCUT2D eigenvalue weighted by atomic mass is 10.2. The molecular weight excluding hydrogens is 341 g/mol. The summed E-state index contributed by atoms with van der Waals surface area (Å²) in [5.41, 5.74) is -0.196. The third-order valence-corrected chi connectivity index (χ3v) is 3.37. The van der Waals surface area contributed by atoms with E-state index in [9.17, 15) is 14.0 Å². The number of benzene rings is 1. The van der Waals surface area contributed by atoms with Crippen molar-refractivity contribution >= 4 is 27.8 Å². The molecule has 1 aromatic rings. The van der Waals surface area contributed by atoms with Crippen molar-refractivity contribution < 1.29 is 18.7 Å². The summed E-state index contributed by atoms with van der Waals surface area (Å²) in [5.74, 6) is -1.83. The van der Waals surface area contributed by atoms with Crippen molar-refractivity contribution in [2.45, 2.75) is 39.8 Å². The number of halogens is 2. The third kappa shape index (κ3) is 4.81. The van der Waals surface area contributed by atoms with Gasteiger partial charge in [0, 0.05) is 16.6 Å². The van der Waals surface area contributed by atoms with Crippen molar-refractivity contribution in [2.24, 2.45) is 0 Å². The third-order valence-electron chi connectivity index (χ3n) is 2.88. The number of nitrogens with zero attached hydrogens (tertiary/aromatic N) is 1. The van der Waals surface area contributed by atoms with Crippen molar-refractivity contribution in [1.82, 2.24) is 4.90 Å². The molecule has 0 aliphatic carbocycles.